The second-order valence-electron chi connectivity index (χ2n) is 14.8. The Morgan fingerprint density at radius 2 is 1.82 bits per heavy atom. The van der Waals surface area contributed by atoms with E-state index in [2.05, 4.69) is 32.7 Å². The lowest BCUT2D eigenvalue weighted by Gasteiger charge is -2.63. The van der Waals surface area contributed by atoms with Gasteiger partial charge in [-0.1, -0.05) is 47.6 Å². The van der Waals surface area contributed by atoms with E-state index in [1.807, 2.05) is 40.7 Å². The van der Waals surface area contributed by atoms with E-state index in [0.29, 0.717) is 31.7 Å². The fourth-order valence-electron chi connectivity index (χ4n) is 8.34. The Kier molecular flexibility index (Phi) is 10.2. The average molecular weight is 581 g/mol. The summed E-state index contributed by atoms with van der Waals surface area (Å²) in [7, 11) is 0. The number of ether oxygens (including phenoxy) is 1. The molecule has 0 aromatic heterocycles. The van der Waals surface area contributed by atoms with Gasteiger partial charge in [0.1, 0.15) is 6.10 Å². The van der Waals surface area contributed by atoms with E-state index < -0.39 is 39.9 Å². The number of nitrogens with two attached hydrogens (primary N) is 1. The standard InChI is InChI=1S/C32H56N2O5S/c1-10-30(8)16-24(39-25(36)17-40-29(6,7)18-34-28(38)22(33)15-19(2)3)31(9)20(4)11-13-32(21(5)27(30)37)14-12-23(35)26(31)32/h10,19-24,26-27,35,37H,1,11-18,33H2,2-9H3,(H,34,38)/t20-,21+,22-,23-,24-,26+,27+,30-,31+,32+/m1/s1. The number of aliphatic hydroxyl groups excluding tert-OH is 2. The molecule has 40 heavy (non-hydrogen) atoms. The summed E-state index contributed by atoms with van der Waals surface area (Å²) in [6.45, 7) is 21.2. The van der Waals surface area contributed by atoms with Crippen LogP contribution < -0.4 is 11.1 Å². The maximum absolute atomic E-state index is 13.4. The Hall–Kier alpha value is -1.09. The van der Waals surface area contributed by atoms with Gasteiger partial charge in [0.15, 0.2) is 0 Å². The predicted octanol–water partition coefficient (Wildman–Crippen LogP) is 4.69. The summed E-state index contributed by atoms with van der Waals surface area (Å²) in [4.78, 5) is 25.9. The molecule has 10 atom stereocenters. The van der Waals surface area contributed by atoms with Crippen LogP contribution in [-0.2, 0) is 14.3 Å². The van der Waals surface area contributed by atoms with E-state index in [1.54, 1.807) is 0 Å². The van der Waals surface area contributed by atoms with Gasteiger partial charge in [-0.05, 0) is 81.5 Å². The molecule has 0 aromatic rings. The molecule has 3 aliphatic rings. The lowest BCUT2D eigenvalue weighted by molar-refractivity contribution is -0.217. The molecule has 0 aliphatic heterocycles. The number of carbonyl (C=O) groups is 2. The molecule has 7 nitrogen and oxygen atoms in total. The molecule has 3 aliphatic carbocycles. The Balaban J connectivity index is 1.78. The van der Waals surface area contributed by atoms with Gasteiger partial charge in [0.2, 0.25) is 5.91 Å². The van der Waals surface area contributed by atoms with E-state index in [-0.39, 0.29) is 40.8 Å². The molecular weight excluding hydrogens is 524 g/mol. The van der Waals surface area contributed by atoms with E-state index in [4.69, 9.17) is 10.5 Å². The Morgan fingerprint density at radius 1 is 1.20 bits per heavy atom. The highest BCUT2D eigenvalue weighted by Crippen LogP contribution is 2.69. The number of aliphatic hydroxyl groups is 2. The van der Waals surface area contributed by atoms with Crippen LogP contribution in [0.2, 0.25) is 0 Å². The van der Waals surface area contributed by atoms with Gasteiger partial charge in [-0.15, -0.1) is 18.3 Å². The first-order chi connectivity index (χ1) is 18.4. The number of esters is 1. The molecular formula is C32H56N2O5S. The number of hydrogen-bond donors (Lipinski definition) is 4. The van der Waals surface area contributed by atoms with E-state index >= 15 is 0 Å². The van der Waals surface area contributed by atoms with Crippen LogP contribution in [0, 0.1) is 39.9 Å². The number of amides is 1. The highest BCUT2D eigenvalue weighted by molar-refractivity contribution is 8.01. The molecule has 0 aromatic carbocycles. The molecule has 5 N–H and O–H groups in total. The van der Waals surface area contributed by atoms with Crippen LogP contribution in [0.3, 0.4) is 0 Å². The SMILES string of the molecule is C=C[C@]1(C)C[C@@H](OC(=O)CSC(C)(C)CNC(=O)[C@H](N)CC(C)C)[C@]2(C)[C@H](C)CC[C@]3(CC[C@@H](O)[C@H]32)[C@@H](C)[C@@H]1O. The monoisotopic (exact) mass is 580 g/mol. The molecule has 8 heteroatoms. The van der Waals surface area contributed by atoms with Gasteiger partial charge in [-0.2, -0.15) is 0 Å². The number of rotatable bonds is 10. The topological polar surface area (TPSA) is 122 Å². The van der Waals surface area contributed by atoms with Crippen LogP contribution in [0.1, 0.15) is 93.9 Å². The third-order valence-corrected chi connectivity index (χ3v) is 12.4. The summed E-state index contributed by atoms with van der Waals surface area (Å²) in [6, 6.07) is -0.543. The van der Waals surface area contributed by atoms with Gasteiger partial charge in [0.25, 0.3) is 0 Å². The zero-order chi connectivity index (χ0) is 30.3. The third kappa shape index (κ3) is 6.30. The van der Waals surface area contributed by atoms with Crippen LogP contribution in [0.25, 0.3) is 0 Å². The van der Waals surface area contributed by atoms with Gasteiger partial charge in [-0.3, -0.25) is 9.59 Å². The van der Waals surface area contributed by atoms with Crippen molar-refractivity contribution in [3.63, 3.8) is 0 Å². The lowest BCUT2D eigenvalue weighted by atomic mass is 9.43. The normalized spacial score (nSPS) is 40.5. The van der Waals surface area contributed by atoms with Crippen LogP contribution >= 0.6 is 11.8 Å². The van der Waals surface area contributed by atoms with Crippen LogP contribution in [-0.4, -0.2) is 63.5 Å². The van der Waals surface area contributed by atoms with Gasteiger partial charge in [-0.25, -0.2) is 0 Å². The second kappa shape index (κ2) is 12.3. The van der Waals surface area contributed by atoms with E-state index in [0.717, 1.165) is 19.3 Å². The maximum Gasteiger partial charge on any atom is 0.316 e. The summed E-state index contributed by atoms with van der Waals surface area (Å²) in [5.41, 5.74) is 4.78. The molecule has 0 radical (unpaired) electrons. The van der Waals surface area contributed by atoms with Gasteiger partial charge >= 0.3 is 5.97 Å². The first kappa shape index (κ1) is 33.4. The molecule has 3 saturated carbocycles. The molecule has 0 spiro atoms. The maximum atomic E-state index is 13.4. The summed E-state index contributed by atoms with van der Waals surface area (Å²) in [5, 5.41) is 26.0. The lowest BCUT2D eigenvalue weighted by Crippen LogP contribution is -2.63. The minimum absolute atomic E-state index is 0.00125. The van der Waals surface area contributed by atoms with E-state index in [1.165, 1.54) is 11.8 Å². The molecule has 230 valence electrons. The van der Waals surface area contributed by atoms with Gasteiger partial charge in [0, 0.05) is 22.1 Å². The highest BCUT2D eigenvalue weighted by Gasteiger charge is 2.68. The number of hydrogen-bond acceptors (Lipinski definition) is 7. The molecule has 0 unspecified atom stereocenters. The van der Waals surface area contributed by atoms with E-state index in [9.17, 15) is 19.8 Å². The van der Waals surface area contributed by atoms with Crippen LogP contribution in [0.4, 0.5) is 0 Å². The summed E-state index contributed by atoms with van der Waals surface area (Å²) in [5.74, 6) is 0.205. The quantitative estimate of drug-likeness (QED) is 0.219. The molecule has 3 rings (SSSR count). The van der Waals surface area contributed by atoms with Crippen molar-refractivity contribution in [2.75, 3.05) is 12.3 Å². The van der Waals surface area contributed by atoms with Crippen molar-refractivity contribution in [1.82, 2.24) is 5.32 Å². The molecule has 0 heterocycles. The Morgan fingerprint density at radius 3 is 2.42 bits per heavy atom. The molecule has 1 amide bonds. The van der Waals surface area contributed by atoms with Crippen molar-refractivity contribution in [1.29, 1.82) is 0 Å². The summed E-state index contributed by atoms with van der Waals surface area (Å²) < 4.78 is 5.99. The van der Waals surface area contributed by atoms with Crippen molar-refractivity contribution in [2.24, 2.45) is 45.7 Å². The van der Waals surface area contributed by atoms with Crippen molar-refractivity contribution < 1.29 is 24.5 Å². The van der Waals surface area contributed by atoms with Crippen LogP contribution in [0.15, 0.2) is 12.7 Å². The largest absolute Gasteiger partial charge is 0.461 e. The summed E-state index contributed by atoms with van der Waals surface area (Å²) in [6.07, 6.45) is 4.89. The second-order valence-corrected chi connectivity index (χ2v) is 16.4. The number of carbonyl (C=O) groups excluding carboxylic acids is 2. The molecule has 2 bridgehead atoms. The van der Waals surface area contributed by atoms with Crippen molar-refractivity contribution >= 4 is 23.6 Å². The molecule has 3 fully saturated rings. The zero-order valence-electron chi connectivity index (χ0n) is 26.2. The van der Waals surface area contributed by atoms with Gasteiger partial charge in [0.05, 0.1) is 24.0 Å². The number of thioether (sulfide) groups is 1. The smallest absolute Gasteiger partial charge is 0.316 e. The fraction of sp³-hybridized carbons (Fsp3) is 0.875. The third-order valence-electron chi connectivity index (χ3n) is 11.1. The highest BCUT2D eigenvalue weighted by atomic mass is 32.2. The zero-order valence-corrected chi connectivity index (χ0v) is 27.0. The van der Waals surface area contributed by atoms with Crippen molar-refractivity contribution in [3.05, 3.63) is 12.7 Å². The van der Waals surface area contributed by atoms with Gasteiger partial charge < -0.3 is 26.0 Å². The average Bonchev–Trinajstić information content (AvgIpc) is 3.24. The fourth-order valence-corrected chi connectivity index (χ4v) is 9.09. The predicted molar refractivity (Wildman–Crippen MR) is 163 cm³/mol. The van der Waals surface area contributed by atoms with Crippen LogP contribution in [0.5, 0.6) is 0 Å². The summed E-state index contributed by atoms with van der Waals surface area (Å²) >= 11 is 1.45. The van der Waals surface area contributed by atoms with Crippen molar-refractivity contribution in [3.8, 4) is 0 Å². The first-order valence-electron chi connectivity index (χ1n) is 15.3. The first-order valence-corrected chi connectivity index (χ1v) is 16.3. The Bertz CT molecular complexity index is 942. The Labute approximate surface area is 246 Å². The van der Waals surface area contributed by atoms with Crippen molar-refractivity contribution in [2.45, 2.75) is 123 Å². The minimum atomic E-state index is -0.643. The minimum Gasteiger partial charge on any atom is -0.461 e. The number of nitrogens with one attached hydrogen (secondary N) is 1. The molecule has 0 saturated heterocycles.